The van der Waals surface area contributed by atoms with Crippen LogP contribution in [-0.2, 0) is 0 Å². The molecule has 0 heterocycles. The zero-order valence-corrected chi connectivity index (χ0v) is 12.1. The molecule has 4 heteroatoms. The van der Waals surface area contributed by atoms with Crippen LogP contribution in [0.3, 0.4) is 0 Å². The lowest BCUT2D eigenvalue weighted by Crippen LogP contribution is -2.47. The van der Waals surface area contributed by atoms with Crippen LogP contribution in [0.1, 0.15) is 50.4 Å². The van der Waals surface area contributed by atoms with Gasteiger partial charge in [-0.2, -0.15) is 0 Å². The predicted molar refractivity (Wildman–Crippen MR) is 75.7 cm³/mol. The van der Waals surface area contributed by atoms with E-state index in [1.807, 2.05) is 0 Å². The van der Waals surface area contributed by atoms with E-state index in [1.165, 1.54) is 7.11 Å². The molecule has 0 aliphatic heterocycles. The Hall–Kier alpha value is -1.71. The van der Waals surface area contributed by atoms with Crippen LogP contribution in [0.15, 0.2) is 18.2 Å². The van der Waals surface area contributed by atoms with Gasteiger partial charge in [0.25, 0.3) is 5.91 Å². The number of benzene rings is 1. The summed E-state index contributed by atoms with van der Waals surface area (Å²) in [4.78, 5) is 12.3. The molecular formula is C15H23NO3. The molecule has 1 amide bonds. The van der Waals surface area contributed by atoms with Crippen LogP contribution < -0.4 is 10.1 Å². The third-order valence-corrected chi connectivity index (χ3v) is 3.87. The molecule has 0 unspecified atom stereocenters. The van der Waals surface area contributed by atoms with Gasteiger partial charge in [-0.1, -0.05) is 26.8 Å². The van der Waals surface area contributed by atoms with Crippen molar-refractivity contribution in [1.29, 1.82) is 0 Å². The number of ether oxygens (including phenoxy) is 1. The number of carbonyl (C=O) groups excluding carboxylic acids is 1. The number of amides is 1. The molecular weight excluding hydrogens is 242 g/mol. The zero-order chi connectivity index (χ0) is 14.5. The number of phenolic OH excluding ortho intramolecular Hbond substituents is 1. The van der Waals surface area contributed by atoms with Crippen molar-refractivity contribution in [1.82, 2.24) is 5.32 Å². The summed E-state index contributed by atoms with van der Waals surface area (Å²) in [6.45, 7) is 6.16. The Morgan fingerprint density at radius 2 is 1.84 bits per heavy atom. The second kappa shape index (κ2) is 6.45. The summed E-state index contributed by atoms with van der Waals surface area (Å²) >= 11 is 0. The SMILES string of the molecule is CCC(CC)(CC)NC(=O)c1cccc(OC)c1O. The van der Waals surface area contributed by atoms with Crippen molar-refractivity contribution < 1.29 is 14.6 Å². The molecule has 19 heavy (non-hydrogen) atoms. The Labute approximate surface area is 114 Å². The summed E-state index contributed by atoms with van der Waals surface area (Å²) < 4.78 is 5.01. The second-order valence-electron chi connectivity index (χ2n) is 4.65. The van der Waals surface area contributed by atoms with Gasteiger partial charge in [0.15, 0.2) is 11.5 Å². The molecule has 0 fully saturated rings. The van der Waals surface area contributed by atoms with E-state index in [4.69, 9.17) is 4.74 Å². The number of hydrogen-bond acceptors (Lipinski definition) is 3. The van der Waals surface area contributed by atoms with Gasteiger partial charge in [-0.3, -0.25) is 4.79 Å². The van der Waals surface area contributed by atoms with Crippen molar-refractivity contribution in [3.05, 3.63) is 23.8 Å². The lowest BCUT2D eigenvalue weighted by atomic mass is 9.89. The largest absolute Gasteiger partial charge is 0.504 e. The van der Waals surface area contributed by atoms with Crippen molar-refractivity contribution in [3.8, 4) is 11.5 Å². The van der Waals surface area contributed by atoms with Crippen LogP contribution in [-0.4, -0.2) is 23.7 Å². The Bertz CT molecular complexity index is 431. The Balaban J connectivity index is 3.01. The number of carbonyl (C=O) groups is 1. The maximum Gasteiger partial charge on any atom is 0.255 e. The van der Waals surface area contributed by atoms with Gasteiger partial charge in [0.1, 0.15) is 0 Å². The Morgan fingerprint density at radius 1 is 1.26 bits per heavy atom. The summed E-state index contributed by atoms with van der Waals surface area (Å²) in [5, 5.41) is 13.0. The Morgan fingerprint density at radius 3 is 2.32 bits per heavy atom. The standard InChI is InChI=1S/C15H23NO3/c1-5-15(6-2,7-3)16-14(18)11-9-8-10-12(19-4)13(11)17/h8-10,17H,5-7H2,1-4H3,(H,16,18). The highest BCUT2D eigenvalue weighted by Gasteiger charge is 2.27. The topological polar surface area (TPSA) is 58.6 Å². The normalized spacial score (nSPS) is 11.2. The van der Waals surface area contributed by atoms with E-state index in [1.54, 1.807) is 18.2 Å². The highest BCUT2D eigenvalue weighted by molar-refractivity contribution is 5.98. The van der Waals surface area contributed by atoms with Crippen molar-refractivity contribution in [2.24, 2.45) is 0 Å². The van der Waals surface area contributed by atoms with E-state index in [0.29, 0.717) is 5.75 Å². The van der Waals surface area contributed by atoms with Gasteiger partial charge >= 0.3 is 0 Å². The van der Waals surface area contributed by atoms with Crippen LogP contribution in [0.2, 0.25) is 0 Å². The number of rotatable bonds is 6. The highest BCUT2D eigenvalue weighted by Crippen LogP contribution is 2.30. The molecule has 0 bridgehead atoms. The van der Waals surface area contributed by atoms with Crippen LogP contribution >= 0.6 is 0 Å². The first kappa shape index (κ1) is 15.3. The number of nitrogens with one attached hydrogen (secondary N) is 1. The molecule has 0 saturated carbocycles. The summed E-state index contributed by atoms with van der Waals surface area (Å²) in [6, 6.07) is 4.91. The average molecular weight is 265 g/mol. The first-order chi connectivity index (χ1) is 9.03. The molecule has 0 atom stereocenters. The molecule has 4 nitrogen and oxygen atoms in total. The minimum Gasteiger partial charge on any atom is -0.504 e. The Kier molecular flexibility index (Phi) is 5.21. The smallest absolute Gasteiger partial charge is 0.255 e. The number of methoxy groups -OCH3 is 1. The van der Waals surface area contributed by atoms with Gasteiger partial charge in [-0.05, 0) is 31.4 Å². The van der Waals surface area contributed by atoms with Crippen molar-refractivity contribution in [2.45, 2.75) is 45.6 Å². The van der Waals surface area contributed by atoms with Crippen molar-refractivity contribution >= 4 is 5.91 Å². The van der Waals surface area contributed by atoms with Gasteiger partial charge in [0, 0.05) is 5.54 Å². The summed E-state index contributed by atoms with van der Waals surface area (Å²) in [5.41, 5.74) is 0.0335. The van der Waals surface area contributed by atoms with Crippen molar-refractivity contribution in [2.75, 3.05) is 7.11 Å². The highest BCUT2D eigenvalue weighted by atomic mass is 16.5. The predicted octanol–water partition coefficient (Wildman–Crippen LogP) is 3.10. The molecule has 0 radical (unpaired) electrons. The number of hydrogen-bond donors (Lipinski definition) is 2. The summed E-state index contributed by atoms with van der Waals surface area (Å²) in [7, 11) is 1.46. The summed E-state index contributed by atoms with van der Waals surface area (Å²) in [6.07, 6.45) is 2.57. The fourth-order valence-corrected chi connectivity index (χ4v) is 2.19. The zero-order valence-electron chi connectivity index (χ0n) is 12.1. The maximum atomic E-state index is 12.3. The number of phenols is 1. The van der Waals surface area contributed by atoms with Gasteiger partial charge in [0.2, 0.25) is 0 Å². The van der Waals surface area contributed by atoms with Crippen LogP contribution in [0.4, 0.5) is 0 Å². The van der Waals surface area contributed by atoms with Crippen LogP contribution in [0, 0.1) is 0 Å². The molecule has 0 aliphatic carbocycles. The van der Waals surface area contributed by atoms with Gasteiger partial charge in [-0.25, -0.2) is 0 Å². The summed E-state index contributed by atoms with van der Waals surface area (Å²) in [5.74, 6) is -0.0654. The van der Waals surface area contributed by atoms with E-state index in [0.717, 1.165) is 19.3 Å². The van der Waals surface area contributed by atoms with Crippen molar-refractivity contribution in [3.63, 3.8) is 0 Å². The second-order valence-corrected chi connectivity index (χ2v) is 4.65. The minimum atomic E-state index is -0.262. The van der Waals surface area contributed by atoms with E-state index in [-0.39, 0.29) is 22.8 Å². The molecule has 0 aromatic heterocycles. The fourth-order valence-electron chi connectivity index (χ4n) is 2.19. The fraction of sp³-hybridized carbons (Fsp3) is 0.533. The minimum absolute atomic E-state index is 0.111. The van der Waals surface area contributed by atoms with E-state index in [2.05, 4.69) is 26.1 Å². The molecule has 1 rings (SSSR count). The monoisotopic (exact) mass is 265 g/mol. The maximum absolute atomic E-state index is 12.3. The molecule has 0 spiro atoms. The van der Waals surface area contributed by atoms with Crippen LogP contribution in [0.25, 0.3) is 0 Å². The molecule has 2 N–H and O–H groups in total. The molecule has 0 saturated heterocycles. The molecule has 1 aromatic rings. The number of para-hydroxylation sites is 1. The molecule has 0 aliphatic rings. The van der Waals surface area contributed by atoms with E-state index in [9.17, 15) is 9.90 Å². The average Bonchev–Trinajstić information content (AvgIpc) is 2.45. The third-order valence-electron chi connectivity index (χ3n) is 3.87. The van der Waals surface area contributed by atoms with Gasteiger partial charge < -0.3 is 15.2 Å². The first-order valence-electron chi connectivity index (χ1n) is 6.72. The first-order valence-corrected chi connectivity index (χ1v) is 6.72. The lowest BCUT2D eigenvalue weighted by molar-refractivity contribution is 0.0885. The quantitative estimate of drug-likeness (QED) is 0.831. The van der Waals surface area contributed by atoms with E-state index < -0.39 is 0 Å². The van der Waals surface area contributed by atoms with E-state index >= 15 is 0 Å². The lowest BCUT2D eigenvalue weighted by Gasteiger charge is -2.32. The third kappa shape index (κ3) is 3.19. The molecule has 106 valence electrons. The van der Waals surface area contributed by atoms with Crippen LogP contribution in [0.5, 0.6) is 11.5 Å². The molecule has 1 aromatic carbocycles. The van der Waals surface area contributed by atoms with Gasteiger partial charge in [-0.15, -0.1) is 0 Å². The number of aromatic hydroxyl groups is 1. The van der Waals surface area contributed by atoms with Gasteiger partial charge in [0.05, 0.1) is 12.7 Å².